The molecular weight excluding hydrogens is 420 g/mol. The van der Waals surface area contributed by atoms with E-state index in [1.807, 2.05) is 0 Å². The third kappa shape index (κ3) is 14.5. The Kier molecular flexibility index (Phi) is 21.6. The number of hydrogen-bond acceptors (Lipinski definition) is 15. The number of aliphatic hydroxyl groups is 12. The van der Waals surface area contributed by atoms with Crippen LogP contribution in [0.3, 0.4) is 0 Å². The fraction of sp³-hybridized carbons (Fsp3) is 0.800. The van der Waals surface area contributed by atoms with Crippen LogP contribution < -0.4 is 0 Å². The Hall–Kier alpha value is -1.47. The Morgan fingerprint density at radius 3 is 1.10 bits per heavy atom. The van der Waals surface area contributed by atoms with E-state index in [2.05, 4.69) is 0 Å². The minimum Gasteiger partial charge on any atom is -0.394 e. The fourth-order valence-electron chi connectivity index (χ4n) is 1.24. The molecule has 8 atom stereocenters. The highest BCUT2D eigenvalue weighted by atomic mass is 16.4. The predicted octanol–water partition coefficient (Wildman–Crippen LogP) is -8.22. The lowest BCUT2D eigenvalue weighted by atomic mass is 10.1. The Labute approximate surface area is 170 Å². The first-order chi connectivity index (χ1) is 13.9. The maximum absolute atomic E-state index is 10.3. The van der Waals surface area contributed by atoms with Gasteiger partial charge in [-0.3, -0.25) is 4.79 Å². The number of aliphatic hydroxyl groups excluding tert-OH is 12. The average Bonchev–Trinajstić information content (AvgIpc) is 2.79. The quantitative estimate of drug-likeness (QED) is 0.123. The third-order valence-corrected chi connectivity index (χ3v) is 3.18. The molecule has 0 unspecified atom stereocenters. The van der Waals surface area contributed by atoms with E-state index in [4.69, 9.17) is 61.3 Å². The summed E-state index contributed by atoms with van der Waals surface area (Å²) in [4.78, 5) is 29.9. The van der Waals surface area contributed by atoms with Gasteiger partial charge in [-0.1, -0.05) is 0 Å². The van der Waals surface area contributed by atoms with Crippen LogP contribution in [0.15, 0.2) is 0 Å². The molecule has 0 aliphatic rings. The molecule has 0 aromatic heterocycles. The summed E-state index contributed by atoms with van der Waals surface area (Å²) in [6, 6.07) is 0. The molecule has 0 fully saturated rings. The fourth-order valence-corrected chi connectivity index (χ4v) is 1.24. The summed E-state index contributed by atoms with van der Waals surface area (Å²) < 4.78 is 0. The van der Waals surface area contributed by atoms with Gasteiger partial charge in [0, 0.05) is 0 Å². The molecule has 180 valence electrons. The van der Waals surface area contributed by atoms with Crippen molar-refractivity contribution in [2.45, 2.75) is 48.8 Å². The number of Topliss-reactive ketones (excluding diaryl/α,β-unsaturated/α-hetero) is 1. The number of aldehydes is 2. The van der Waals surface area contributed by atoms with Crippen molar-refractivity contribution in [3.05, 3.63) is 0 Å². The highest BCUT2D eigenvalue weighted by molar-refractivity contribution is 5.84. The smallest absolute Gasteiger partial charge is 0.189 e. The molecule has 0 saturated carbocycles. The summed E-state index contributed by atoms with van der Waals surface area (Å²) in [7, 11) is 0. The largest absolute Gasteiger partial charge is 0.394 e. The van der Waals surface area contributed by atoms with Gasteiger partial charge in [0.25, 0.3) is 0 Å². The van der Waals surface area contributed by atoms with Crippen molar-refractivity contribution < 1.29 is 75.7 Å². The zero-order valence-corrected chi connectivity index (χ0v) is 15.7. The summed E-state index contributed by atoms with van der Waals surface area (Å²) in [5.74, 6) is -0.901. The van der Waals surface area contributed by atoms with E-state index in [-0.39, 0.29) is 12.6 Å². The molecule has 12 N–H and O–H groups in total. The van der Waals surface area contributed by atoms with Crippen LogP contribution >= 0.6 is 0 Å². The van der Waals surface area contributed by atoms with E-state index in [1.165, 1.54) is 0 Å². The van der Waals surface area contributed by atoms with Crippen molar-refractivity contribution in [1.29, 1.82) is 0 Å². The Morgan fingerprint density at radius 1 is 0.600 bits per heavy atom. The molecule has 0 saturated heterocycles. The molecule has 0 aliphatic carbocycles. The van der Waals surface area contributed by atoms with Crippen molar-refractivity contribution in [2.75, 3.05) is 26.4 Å². The number of carbonyl (C=O) groups is 3. The lowest BCUT2D eigenvalue weighted by molar-refractivity contribution is -0.137. The van der Waals surface area contributed by atoms with Crippen molar-refractivity contribution in [3.63, 3.8) is 0 Å². The van der Waals surface area contributed by atoms with E-state index in [1.54, 1.807) is 0 Å². The Bertz CT molecular complexity index is 422. The molecule has 30 heavy (non-hydrogen) atoms. The third-order valence-electron chi connectivity index (χ3n) is 3.18. The summed E-state index contributed by atoms with van der Waals surface area (Å²) in [6.07, 6.45) is -12.4. The maximum atomic E-state index is 10.3. The van der Waals surface area contributed by atoms with Crippen LogP contribution in [0.25, 0.3) is 0 Å². The first-order valence-corrected chi connectivity index (χ1v) is 8.21. The standard InChI is InChI=1S/3C5H10O5/c3*6-1-3(8)5(10)4(9)2-7/h3,5-8,10H,1-2H2;2*1,3-5,7-10H,2H2/t3-,5-;3-,4+,5+;3-,4-,5+/m101/s1. The molecule has 0 heterocycles. The molecule has 0 aromatic carbocycles. The number of hydrogen-bond donors (Lipinski definition) is 12. The first-order valence-electron chi connectivity index (χ1n) is 8.21. The lowest BCUT2D eigenvalue weighted by Gasteiger charge is -2.16. The van der Waals surface area contributed by atoms with E-state index < -0.39 is 81.0 Å². The SMILES string of the molecule is O=C(CO)[C@H](O)[C@H](O)CO.O=C[C@@H](O)[C@H](O)[C@H](O)CO.O=C[C@H](O)[C@@H](O)[C@H](O)CO. The summed E-state index contributed by atoms with van der Waals surface area (Å²) in [5.41, 5.74) is 0. The molecule has 0 bridgehead atoms. The van der Waals surface area contributed by atoms with Gasteiger partial charge in [0.15, 0.2) is 18.4 Å². The van der Waals surface area contributed by atoms with E-state index in [0.717, 1.165) is 0 Å². The highest BCUT2D eigenvalue weighted by Crippen LogP contribution is 1.97. The monoisotopic (exact) mass is 450 g/mol. The van der Waals surface area contributed by atoms with Gasteiger partial charge in [-0.05, 0) is 0 Å². The zero-order chi connectivity index (χ0) is 24.4. The highest BCUT2D eigenvalue weighted by Gasteiger charge is 2.24. The lowest BCUT2D eigenvalue weighted by Crippen LogP contribution is -2.40. The second-order valence-corrected chi connectivity index (χ2v) is 5.55. The Balaban J connectivity index is -0.000000364. The van der Waals surface area contributed by atoms with Crippen LogP contribution in [0.2, 0.25) is 0 Å². The molecule has 0 aliphatic heterocycles. The predicted molar refractivity (Wildman–Crippen MR) is 93.5 cm³/mol. The van der Waals surface area contributed by atoms with Gasteiger partial charge in [-0.2, -0.15) is 0 Å². The van der Waals surface area contributed by atoms with Gasteiger partial charge >= 0.3 is 0 Å². The van der Waals surface area contributed by atoms with Gasteiger partial charge in [0.2, 0.25) is 0 Å². The minimum absolute atomic E-state index is 0.0869. The van der Waals surface area contributed by atoms with Crippen LogP contribution in [0.4, 0.5) is 0 Å². The van der Waals surface area contributed by atoms with E-state index >= 15 is 0 Å². The molecule has 0 radical (unpaired) electrons. The molecule has 0 rings (SSSR count). The number of ketones is 1. The summed E-state index contributed by atoms with van der Waals surface area (Å²) >= 11 is 0. The van der Waals surface area contributed by atoms with Crippen molar-refractivity contribution in [1.82, 2.24) is 0 Å². The number of carbonyl (C=O) groups excluding carboxylic acids is 3. The molecule has 15 nitrogen and oxygen atoms in total. The van der Waals surface area contributed by atoms with Crippen LogP contribution in [-0.4, -0.2) is 155 Å². The Morgan fingerprint density at radius 2 is 0.900 bits per heavy atom. The second kappa shape index (κ2) is 19.5. The van der Waals surface area contributed by atoms with Crippen LogP contribution in [0.5, 0.6) is 0 Å². The maximum Gasteiger partial charge on any atom is 0.189 e. The first kappa shape index (κ1) is 33.2. The molecule has 0 amide bonds. The van der Waals surface area contributed by atoms with Crippen molar-refractivity contribution in [3.8, 4) is 0 Å². The van der Waals surface area contributed by atoms with E-state index in [9.17, 15) is 14.4 Å². The minimum atomic E-state index is -1.69. The van der Waals surface area contributed by atoms with Gasteiger partial charge in [-0.25, -0.2) is 0 Å². The zero-order valence-electron chi connectivity index (χ0n) is 15.7. The topological polar surface area (TPSA) is 294 Å². The molecular formula is C15H30O15. The van der Waals surface area contributed by atoms with E-state index in [0.29, 0.717) is 0 Å². The molecule has 0 spiro atoms. The normalized spacial score (nSPS) is 18.5. The van der Waals surface area contributed by atoms with Crippen molar-refractivity contribution in [2.24, 2.45) is 0 Å². The van der Waals surface area contributed by atoms with Crippen LogP contribution in [-0.2, 0) is 14.4 Å². The van der Waals surface area contributed by atoms with Gasteiger partial charge in [0.1, 0.15) is 55.4 Å². The average molecular weight is 450 g/mol. The summed E-state index contributed by atoms with van der Waals surface area (Å²) in [6.45, 7) is -2.91. The van der Waals surface area contributed by atoms with Crippen LogP contribution in [0.1, 0.15) is 0 Å². The second-order valence-electron chi connectivity index (χ2n) is 5.55. The van der Waals surface area contributed by atoms with Crippen LogP contribution in [0, 0.1) is 0 Å². The van der Waals surface area contributed by atoms with Gasteiger partial charge in [0.05, 0.1) is 19.8 Å². The van der Waals surface area contributed by atoms with Gasteiger partial charge in [-0.15, -0.1) is 0 Å². The molecule has 0 aromatic rings. The number of rotatable bonds is 12. The van der Waals surface area contributed by atoms with Gasteiger partial charge < -0.3 is 70.9 Å². The van der Waals surface area contributed by atoms with Crippen molar-refractivity contribution >= 4 is 18.4 Å². The molecule has 15 heteroatoms. The summed E-state index contributed by atoms with van der Waals surface area (Å²) in [5, 5.41) is 102.